The van der Waals surface area contributed by atoms with Crippen LogP contribution in [-0.4, -0.2) is 20.7 Å². The zero-order valence-corrected chi connectivity index (χ0v) is 16.9. The fourth-order valence-corrected chi connectivity index (χ4v) is 3.74. The van der Waals surface area contributed by atoms with Gasteiger partial charge in [-0.25, -0.2) is 0 Å². The van der Waals surface area contributed by atoms with Crippen LogP contribution in [0.1, 0.15) is 12.5 Å². The topological polar surface area (TPSA) is 90.0 Å². The van der Waals surface area contributed by atoms with Crippen molar-refractivity contribution in [2.75, 3.05) is 11.1 Å². The van der Waals surface area contributed by atoms with Crippen LogP contribution in [-0.2, 0) is 4.79 Å². The third-order valence-electron chi connectivity index (χ3n) is 3.93. The Bertz CT molecular complexity index is 1080. The van der Waals surface area contributed by atoms with E-state index in [9.17, 15) is 9.59 Å². The first-order valence-corrected chi connectivity index (χ1v) is 9.79. The summed E-state index contributed by atoms with van der Waals surface area (Å²) in [5, 5.41) is 3.17. The van der Waals surface area contributed by atoms with Crippen molar-refractivity contribution in [3.8, 4) is 5.69 Å². The number of nitrogens with two attached hydrogens (primary N) is 1. The summed E-state index contributed by atoms with van der Waals surface area (Å²) >= 11 is 7.11. The molecule has 144 valence electrons. The number of anilines is 2. The fourth-order valence-electron chi connectivity index (χ4n) is 2.61. The molecule has 3 aromatic rings. The summed E-state index contributed by atoms with van der Waals surface area (Å²) in [7, 11) is 0. The maximum absolute atomic E-state index is 12.6. The summed E-state index contributed by atoms with van der Waals surface area (Å²) in [5.74, 6) is 0.0234. The Labute approximate surface area is 171 Å². The third-order valence-corrected chi connectivity index (χ3v) is 5.22. The zero-order valence-electron chi connectivity index (χ0n) is 15.3. The summed E-state index contributed by atoms with van der Waals surface area (Å²) in [6.07, 6.45) is 0. The van der Waals surface area contributed by atoms with E-state index in [1.165, 1.54) is 6.07 Å². The van der Waals surface area contributed by atoms with Gasteiger partial charge >= 0.3 is 0 Å². The minimum atomic E-state index is -0.524. The smallest absolute Gasteiger partial charge is 0.275 e. The molecule has 0 saturated heterocycles. The van der Waals surface area contributed by atoms with Crippen LogP contribution in [0.15, 0.2) is 64.5 Å². The normalized spacial score (nSPS) is 11.8. The van der Waals surface area contributed by atoms with E-state index in [2.05, 4.69) is 10.3 Å². The number of carbonyl (C=O) groups excluding carboxylic acids is 1. The first-order chi connectivity index (χ1) is 13.3. The van der Waals surface area contributed by atoms with Crippen molar-refractivity contribution in [3.05, 3.63) is 75.5 Å². The molecule has 0 bridgehead atoms. The Morgan fingerprint density at radius 3 is 2.68 bits per heavy atom. The highest BCUT2D eigenvalue weighted by Gasteiger charge is 2.19. The minimum absolute atomic E-state index is 0.236. The van der Waals surface area contributed by atoms with Gasteiger partial charge in [0.25, 0.3) is 5.56 Å². The summed E-state index contributed by atoms with van der Waals surface area (Å²) in [4.78, 5) is 28.6. The number of nitrogen functional groups attached to an aromatic ring is 1. The fraction of sp³-hybridized carbons (Fsp3) is 0.150. The molecule has 2 aromatic carbocycles. The molecule has 8 heteroatoms. The number of thioether (sulfide) groups is 1. The molecule has 0 aliphatic rings. The van der Waals surface area contributed by atoms with E-state index in [1.54, 1.807) is 35.8 Å². The molecule has 0 aliphatic heterocycles. The van der Waals surface area contributed by atoms with E-state index in [0.29, 0.717) is 15.9 Å². The average Bonchev–Trinajstić information content (AvgIpc) is 2.61. The molecule has 28 heavy (non-hydrogen) atoms. The van der Waals surface area contributed by atoms with Gasteiger partial charge in [0, 0.05) is 22.5 Å². The number of hydrogen-bond donors (Lipinski definition) is 2. The summed E-state index contributed by atoms with van der Waals surface area (Å²) < 4.78 is 1.67. The van der Waals surface area contributed by atoms with Crippen LogP contribution >= 0.6 is 23.4 Å². The van der Waals surface area contributed by atoms with Crippen molar-refractivity contribution >= 4 is 40.8 Å². The van der Waals surface area contributed by atoms with Crippen LogP contribution in [0.3, 0.4) is 0 Å². The van der Waals surface area contributed by atoms with Gasteiger partial charge in [-0.05, 0) is 49.7 Å². The molecule has 0 saturated carbocycles. The molecular formula is C20H19ClN4O2S. The second-order valence-corrected chi connectivity index (χ2v) is 7.98. The maximum Gasteiger partial charge on any atom is 0.275 e. The third kappa shape index (κ3) is 4.74. The minimum Gasteiger partial charge on any atom is -0.385 e. The number of carbonyl (C=O) groups is 1. The van der Waals surface area contributed by atoms with Crippen LogP contribution in [0.5, 0.6) is 0 Å². The van der Waals surface area contributed by atoms with Gasteiger partial charge < -0.3 is 11.1 Å². The van der Waals surface area contributed by atoms with E-state index >= 15 is 0 Å². The van der Waals surface area contributed by atoms with Gasteiger partial charge in [-0.3, -0.25) is 14.2 Å². The van der Waals surface area contributed by atoms with E-state index in [0.717, 1.165) is 23.0 Å². The highest BCUT2D eigenvalue weighted by molar-refractivity contribution is 8.00. The van der Waals surface area contributed by atoms with Crippen LogP contribution in [0.4, 0.5) is 11.5 Å². The number of aryl methyl sites for hydroxylation is 1. The number of benzene rings is 2. The molecule has 1 aromatic heterocycles. The molecule has 3 rings (SSSR count). The molecule has 6 nitrogen and oxygen atoms in total. The summed E-state index contributed by atoms with van der Waals surface area (Å²) in [6, 6.07) is 15.8. The standard InChI is InChI=1S/C20H19ClN4O2S/c1-12-5-3-8-16(9-12)25-17(22)11-18(26)24-20(25)28-13(2)19(27)23-15-7-4-6-14(21)10-15/h3-11,13H,22H2,1-2H3,(H,23,27). The first-order valence-electron chi connectivity index (χ1n) is 8.53. The number of hydrogen-bond acceptors (Lipinski definition) is 5. The Balaban J connectivity index is 1.89. The molecule has 0 aliphatic carbocycles. The van der Waals surface area contributed by atoms with Gasteiger partial charge in [0.1, 0.15) is 5.82 Å². The van der Waals surface area contributed by atoms with E-state index < -0.39 is 10.8 Å². The zero-order chi connectivity index (χ0) is 20.3. The van der Waals surface area contributed by atoms with Crippen molar-refractivity contribution in [3.63, 3.8) is 0 Å². The number of nitrogens with one attached hydrogen (secondary N) is 1. The lowest BCUT2D eigenvalue weighted by Crippen LogP contribution is -2.24. The van der Waals surface area contributed by atoms with Crippen molar-refractivity contribution in [1.29, 1.82) is 0 Å². The van der Waals surface area contributed by atoms with Crippen molar-refractivity contribution in [2.24, 2.45) is 0 Å². The lowest BCUT2D eigenvalue weighted by molar-refractivity contribution is -0.115. The number of rotatable bonds is 5. The van der Waals surface area contributed by atoms with E-state index in [1.807, 2.05) is 31.2 Å². The van der Waals surface area contributed by atoms with Gasteiger partial charge in [0.05, 0.1) is 5.25 Å². The highest BCUT2D eigenvalue weighted by atomic mass is 35.5. The predicted octanol–water partition coefficient (Wildman–Crippen LogP) is 3.90. The number of aromatic nitrogens is 2. The monoisotopic (exact) mass is 414 g/mol. The lowest BCUT2D eigenvalue weighted by Gasteiger charge is -2.18. The SMILES string of the molecule is Cc1cccc(-n2c(N)cc(=O)nc2SC(C)C(=O)Nc2cccc(Cl)c2)c1. The van der Waals surface area contributed by atoms with Gasteiger partial charge in [0.15, 0.2) is 5.16 Å². The molecule has 1 amide bonds. The van der Waals surface area contributed by atoms with Gasteiger partial charge in [-0.15, -0.1) is 0 Å². The van der Waals surface area contributed by atoms with Gasteiger partial charge in [-0.2, -0.15) is 4.98 Å². The largest absolute Gasteiger partial charge is 0.385 e. The van der Waals surface area contributed by atoms with Gasteiger partial charge in [-0.1, -0.05) is 41.6 Å². The van der Waals surface area contributed by atoms with Gasteiger partial charge in [0.2, 0.25) is 5.91 Å². The Morgan fingerprint density at radius 2 is 1.96 bits per heavy atom. The van der Waals surface area contributed by atoms with Crippen LogP contribution in [0.25, 0.3) is 5.69 Å². The molecule has 0 radical (unpaired) electrons. The Hall–Kier alpha value is -2.77. The molecule has 1 atom stereocenters. The van der Waals surface area contributed by atoms with Crippen LogP contribution in [0, 0.1) is 6.92 Å². The number of nitrogens with zero attached hydrogens (tertiary/aromatic N) is 2. The predicted molar refractivity (Wildman–Crippen MR) is 114 cm³/mol. The molecule has 3 N–H and O–H groups in total. The Morgan fingerprint density at radius 1 is 1.21 bits per heavy atom. The van der Waals surface area contributed by atoms with Crippen molar-refractivity contribution in [2.45, 2.75) is 24.3 Å². The molecule has 0 fully saturated rings. The average molecular weight is 415 g/mol. The number of amides is 1. The van der Waals surface area contributed by atoms with E-state index in [-0.39, 0.29) is 11.7 Å². The summed E-state index contributed by atoms with van der Waals surface area (Å²) in [6.45, 7) is 3.70. The van der Waals surface area contributed by atoms with Crippen molar-refractivity contribution < 1.29 is 4.79 Å². The first kappa shape index (κ1) is 20.0. The quantitative estimate of drug-likeness (QED) is 0.488. The number of halogens is 1. The maximum atomic E-state index is 12.6. The van der Waals surface area contributed by atoms with E-state index in [4.69, 9.17) is 17.3 Å². The molecule has 0 spiro atoms. The van der Waals surface area contributed by atoms with Crippen LogP contribution in [0.2, 0.25) is 5.02 Å². The molecular weight excluding hydrogens is 396 g/mol. The molecule has 1 heterocycles. The highest BCUT2D eigenvalue weighted by Crippen LogP contribution is 2.27. The van der Waals surface area contributed by atoms with Crippen LogP contribution < -0.4 is 16.6 Å². The lowest BCUT2D eigenvalue weighted by atomic mass is 10.2. The van der Waals surface area contributed by atoms with Crippen molar-refractivity contribution in [1.82, 2.24) is 9.55 Å². The second kappa shape index (κ2) is 8.50. The Kier molecular flexibility index (Phi) is 6.06. The summed E-state index contributed by atoms with van der Waals surface area (Å²) in [5.41, 5.74) is 8.05. The molecule has 1 unspecified atom stereocenters. The second-order valence-electron chi connectivity index (χ2n) is 6.24.